The summed E-state index contributed by atoms with van der Waals surface area (Å²) in [5, 5.41) is 13.0. The lowest BCUT2D eigenvalue weighted by Gasteiger charge is -2.10. The molecular weight excluding hydrogens is 339 g/mol. The van der Waals surface area contributed by atoms with Crippen molar-refractivity contribution in [2.75, 3.05) is 0 Å². The van der Waals surface area contributed by atoms with Crippen LogP contribution in [0.15, 0.2) is 27.6 Å². The van der Waals surface area contributed by atoms with Crippen LogP contribution in [0.2, 0.25) is 10.0 Å². The van der Waals surface area contributed by atoms with Gasteiger partial charge < -0.3 is 9.63 Å². The molecule has 1 aromatic carbocycles. The van der Waals surface area contributed by atoms with E-state index in [4.69, 9.17) is 32.8 Å². The summed E-state index contributed by atoms with van der Waals surface area (Å²) in [5.74, 6) is 0.378. The van der Waals surface area contributed by atoms with Gasteiger partial charge in [-0.25, -0.2) is 13.1 Å². The van der Waals surface area contributed by atoms with Gasteiger partial charge >= 0.3 is 0 Å². The standard InChI is InChI=1S/C12H12Cl2N2O4S/c1-7-2-9(20-16-7)5-15-21(18,19)12-3-8(6-17)10(13)4-11(12)14/h2-4,15,17H,5-6H2,1H3. The minimum absolute atomic E-state index is 0.0292. The van der Waals surface area contributed by atoms with Crippen LogP contribution in [0.25, 0.3) is 0 Å². The minimum Gasteiger partial charge on any atom is -0.392 e. The van der Waals surface area contributed by atoms with E-state index in [-0.39, 0.29) is 33.7 Å². The number of aliphatic hydroxyl groups is 1. The van der Waals surface area contributed by atoms with Gasteiger partial charge in [-0.2, -0.15) is 0 Å². The summed E-state index contributed by atoms with van der Waals surface area (Å²) >= 11 is 11.8. The van der Waals surface area contributed by atoms with Gasteiger partial charge in [0.25, 0.3) is 0 Å². The average Bonchev–Trinajstić information content (AvgIpc) is 2.82. The Balaban J connectivity index is 2.27. The molecule has 0 fully saturated rings. The number of hydrogen-bond acceptors (Lipinski definition) is 5. The molecule has 0 unspecified atom stereocenters. The average molecular weight is 351 g/mol. The third-order valence-electron chi connectivity index (χ3n) is 2.67. The highest BCUT2D eigenvalue weighted by Gasteiger charge is 2.20. The smallest absolute Gasteiger partial charge is 0.242 e. The van der Waals surface area contributed by atoms with Crippen LogP contribution in [0.3, 0.4) is 0 Å². The van der Waals surface area contributed by atoms with Crippen molar-refractivity contribution in [2.24, 2.45) is 0 Å². The molecule has 114 valence electrons. The van der Waals surface area contributed by atoms with Crippen LogP contribution in [-0.4, -0.2) is 18.7 Å². The number of nitrogens with one attached hydrogen (secondary N) is 1. The maximum atomic E-state index is 12.2. The molecule has 0 aliphatic carbocycles. The molecule has 21 heavy (non-hydrogen) atoms. The molecule has 0 bridgehead atoms. The topological polar surface area (TPSA) is 92.4 Å². The SMILES string of the molecule is Cc1cc(CNS(=O)(=O)c2cc(CO)c(Cl)cc2Cl)on1. The van der Waals surface area contributed by atoms with E-state index >= 15 is 0 Å². The van der Waals surface area contributed by atoms with Crippen LogP contribution in [0.5, 0.6) is 0 Å². The first-order valence-corrected chi connectivity index (χ1v) is 8.08. The van der Waals surface area contributed by atoms with E-state index < -0.39 is 10.0 Å². The summed E-state index contributed by atoms with van der Waals surface area (Å²) in [6.45, 7) is 1.28. The van der Waals surface area contributed by atoms with Crippen molar-refractivity contribution in [3.8, 4) is 0 Å². The summed E-state index contributed by atoms with van der Waals surface area (Å²) in [4.78, 5) is -0.158. The summed E-state index contributed by atoms with van der Waals surface area (Å²) in [5.41, 5.74) is 0.924. The Morgan fingerprint density at radius 1 is 1.29 bits per heavy atom. The molecule has 1 heterocycles. The van der Waals surface area contributed by atoms with Gasteiger partial charge in [0.15, 0.2) is 5.76 Å². The minimum atomic E-state index is -3.87. The highest BCUT2D eigenvalue weighted by molar-refractivity contribution is 7.89. The van der Waals surface area contributed by atoms with E-state index in [1.807, 2.05) is 0 Å². The lowest BCUT2D eigenvalue weighted by molar-refractivity contribution is 0.281. The third-order valence-corrected chi connectivity index (χ3v) is 4.89. The number of aryl methyl sites for hydroxylation is 1. The maximum Gasteiger partial charge on any atom is 0.242 e. The van der Waals surface area contributed by atoms with Crippen molar-refractivity contribution in [2.45, 2.75) is 25.0 Å². The molecule has 2 N–H and O–H groups in total. The predicted molar refractivity (Wildman–Crippen MR) is 77.7 cm³/mol. The number of rotatable bonds is 5. The van der Waals surface area contributed by atoms with Crippen LogP contribution >= 0.6 is 23.2 Å². The Kier molecular flexibility index (Phi) is 4.90. The molecule has 0 aliphatic heterocycles. The zero-order chi connectivity index (χ0) is 15.6. The normalized spacial score (nSPS) is 11.8. The summed E-state index contributed by atoms with van der Waals surface area (Å²) in [6, 6.07) is 4.13. The lowest BCUT2D eigenvalue weighted by Crippen LogP contribution is -2.23. The number of nitrogens with zero attached hydrogens (tertiary/aromatic N) is 1. The van der Waals surface area contributed by atoms with Crippen molar-refractivity contribution in [3.63, 3.8) is 0 Å². The molecule has 0 radical (unpaired) electrons. The largest absolute Gasteiger partial charge is 0.392 e. The Morgan fingerprint density at radius 3 is 2.57 bits per heavy atom. The van der Waals surface area contributed by atoms with Crippen LogP contribution in [0.4, 0.5) is 0 Å². The monoisotopic (exact) mass is 350 g/mol. The van der Waals surface area contributed by atoms with Gasteiger partial charge in [-0.05, 0) is 24.6 Å². The van der Waals surface area contributed by atoms with E-state index in [0.717, 1.165) is 0 Å². The van der Waals surface area contributed by atoms with Gasteiger partial charge in [0.2, 0.25) is 10.0 Å². The fourth-order valence-electron chi connectivity index (χ4n) is 1.64. The second kappa shape index (κ2) is 6.33. The molecule has 0 spiro atoms. The number of halogens is 2. The fraction of sp³-hybridized carbons (Fsp3) is 0.250. The molecule has 6 nitrogen and oxygen atoms in total. The Morgan fingerprint density at radius 2 is 2.00 bits per heavy atom. The number of sulfonamides is 1. The molecule has 0 aliphatic rings. The Bertz CT molecular complexity index is 759. The molecule has 0 amide bonds. The first kappa shape index (κ1) is 16.3. The van der Waals surface area contributed by atoms with Crippen molar-refractivity contribution in [1.29, 1.82) is 0 Å². The number of aromatic nitrogens is 1. The van der Waals surface area contributed by atoms with Gasteiger partial charge in [-0.15, -0.1) is 0 Å². The molecule has 0 saturated heterocycles. The number of aliphatic hydroxyl groups excluding tert-OH is 1. The summed E-state index contributed by atoms with van der Waals surface area (Å²) < 4.78 is 31.7. The molecule has 2 rings (SSSR count). The van der Waals surface area contributed by atoms with Crippen LogP contribution in [0.1, 0.15) is 17.0 Å². The second-order valence-electron chi connectivity index (χ2n) is 4.29. The Labute approximate surface area is 131 Å². The predicted octanol–water partition coefficient (Wildman–Crippen LogP) is 2.26. The van der Waals surface area contributed by atoms with Crippen LogP contribution in [0, 0.1) is 6.92 Å². The van der Waals surface area contributed by atoms with Gasteiger partial charge in [0.1, 0.15) is 4.90 Å². The fourth-order valence-corrected chi connectivity index (χ4v) is 3.49. The first-order chi connectivity index (χ1) is 9.83. The highest BCUT2D eigenvalue weighted by atomic mass is 35.5. The van der Waals surface area contributed by atoms with Gasteiger partial charge in [-0.3, -0.25) is 0 Å². The van der Waals surface area contributed by atoms with Gasteiger partial charge in [0, 0.05) is 11.1 Å². The van der Waals surface area contributed by atoms with Crippen LogP contribution < -0.4 is 4.72 Å². The highest BCUT2D eigenvalue weighted by Crippen LogP contribution is 2.28. The quantitative estimate of drug-likeness (QED) is 0.862. The van der Waals surface area contributed by atoms with Crippen molar-refractivity contribution in [1.82, 2.24) is 9.88 Å². The zero-order valence-electron chi connectivity index (χ0n) is 10.9. The van der Waals surface area contributed by atoms with E-state index in [9.17, 15) is 8.42 Å². The third kappa shape index (κ3) is 3.75. The zero-order valence-corrected chi connectivity index (χ0v) is 13.3. The lowest BCUT2D eigenvalue weighted by atomic mass is 10.2. The van der Waals surface area contributed by atoms with Crippen molar-refractivity contribution in [3.05, 3.63) is 45.3 Å². The van der Waals surface area contributed by atoms with Gasteiger partial charge in [-0.1, -0.05) is 28.4 Å². The van der Waals surface area contributed by atoms with E-state index in [2.05, 4.69) is 9.88 Å². The Hall–Kier alpha value is -1.12. The van der Waals surface area contributed by atoms with E-state index in [1.165, 1.54) is 12.1 Å². The molecule has 9 heteroatoms. The van der Waals surface area contributed by atoms with Gasteiger partial charge in [0.05, 0.1) is 23.9 Å². The van der Waals surface area contributed by atoms with Crippen molar-refractivity contribution >= 4 is 33.2 Å². The molecular formula is C12H12Cl2N2O4S. The molecule has 0 atom stereocenters. The van der Waals surface area contributed by atoms with E-state index in [1.54, 1.807) is 13.0 Å². The molecule has 1 aromatic heterocycles. The van der Waals surface area contributed by atoms with Crippen LogP contribution in [-0.2, 0) is 23.2 Å². The number of hydrogen-bond donors (Lipinski definition) is 2. The molecule has 2 aromatic rings. The summed E-state index contributed by atoms with van der Waals surface area (Å²) in [6.07, 6.45) is 0. The maximum absolute atomic E-state index is 12.2. The number of benzene rings is 1. The first-order valence-electron chi connectivity index (χ1n) is 5.84. The second-order valence-corrected chi connectivity index (χ2v) is 6.84. The summed E-state index contributed by atoms with van der Waals surface area (Å²) in [7, 11) is -3.87. The molecule has 0 saturated carbocycles. The van der Waals surface area contributed by atoms with E-state index in [0.29, 0.717) is 11.5 Å². The van der Waals surface area contributed by atoms with Crippen molar-refractivity contribution < 1.29 is 18.0 Å².